The standard InChI is InChI=1S/C12H15F3N2.C11H14Cl2N2/c13-12(14,15)11-3-1-10(2-4-11)9-17-7-5-16-6-8-17;12-10-2-1-9(7-11(10)13)8-15-5-3-14-4-6-15/h1-4,16H,5-9H2;1-2,7,14H,3-6,8H2. The Balaban J connectivity index is 0.000000182. The highest BCUT2D eigenvalue weighted by atomic mass is 35.5. The van der Waals surface area contributed by atoms with Gasteiger partial charge in [-0.15, -0.1) is 0 Å². The first kappa shape index (κ1) is 25.3. The van der Waals surface area contributed by atoms with Gasteiger partial charge in [0.2, 0.25) is 0 Å². The van der Waals surface area contributed by atoms with Crippen LogP contribution in [0.25, 0.3) is 0 Å². The van der Waals surface area contributed by atoms with Gasteiger partial charge in [0.15, 0.2) is 0 Å². The summed E-state index contributed by atoms with van der Waals surface area (Å²) in [7, 11) is 0. The van der Waals surface area contributed by atoms with Gasteiger partial charge in [-0.2, -0.15) is 13.2 Å². The maximum absolute atomic E-state index is 12.4. The fourth-order valence-corrected chi connectivity index (χ4v) is 4.01. The molecule has 2 saturated heterocycles. The first-order valence-corrected chi connectivity index (χ1v) is 11.5. The Morgan fingerprint density at radius 2 is 1.16 bits per heavy atom. The molecule has 2 N–H and O–H groups in total. The fraction of sp³-hybridized carbons (Fsp3) is 0.478. The third-order valence-electron chi connectivity index (χ3n) is 5.50. The summed E-state index contributed by atoms with van der Waals surface area (Å²) in [4.78, 5) is 4.65. The number of hydrogen-bond donors (Lipinski definition) is 2. The van der Waals surface area contributed by atoms with Crippen LogP contribution < -0.4 is 10.6 Å². The van der Waals surface area contributed by atoms with Crippen LogP contribution in [0.5, 0.6) is 0 Å². The molecule has 0 aliphatic carbocycles. The lowest BCUT2D eigenvalue weighted by atomic mass is 10.1. The van der Waals surface area contributed by atoms with Gasteiger partial charge in [0.1, 0.15) is 0 Å². The Kier molecular flexibility index (Phi) is 9.64. The third-order valence-corrected chi connectivity index (χ3v) is 6.24. The summed E-state index contributed by atoms with van der Waals surface area (Å²) < 4.78 is 37.1. The van der Waals surface area contributed by atoms with E-state index >= 15 is 0 Å². The first-order valence-electron chi connectivity index (χ1n) is 10.8. The zero-order valence-corrected chi connectivity index (χ0v) is 19.4. The van der Waals surface area contributed by atoms with Gasteiger partial charge in [0, 0.05) is 65.4 Å². The van der Waals surface area contributed by atoms with Crippen molar-refractivity contribution in [2.45, 2.75) is 19.3 Å². The van der Waals surface area contributed by atoms with Crippen LogP contribution in [-0.4, -0.2) is 62.2 Å². The lowest BCUT2D eigenvalue weighted by Gasteiger charge is -2.27. The van der Waals surface area contributed by atoms with Crippen LogP contribution in [0.2, 0.25) is 10.0 Å². The summed E-state index contributed by atoms with van der Waals surface area (Å²) in [5.41, 5.74) is 1.58. The summed E-state index contributed by atoms with van der Waals surface area (Å²) >= 11 is 11.8. The van der Waals surface area contributed by atoms with Crippen molar-refractivity contribution in [1.29, 1.82) is 0 Å². The van der Waals surface area contributed by atoms with Crippen LogP contribution in [0.15, 0.2) is 42.5 Å². The quantitative estimate of drug-likeness (QED) is 0.662. The third kappa shape index (κ3) is 8.21. The molecule has 32 heavy (non-hydrogen) atoms. The summed E-state index contributed by atoms with van der Waals surface area (Å²) in [5.74, 6) is 0. The molecule has 0 unspecified atom stereocenters. The minimum atomic E-state index is -4.24. The number of nitrogens with zero attached hydrogens (tertiary/aromatic N) is 2. The summed E-state index contributed by atoms with van der Waals surface area (Å²) in [6.45, 7) is 9.80. The second-order valence-electron chi connectivity index (χ2n) is 8.00. The van der Waals surface area contributed by atoms with Gasteiger partial charge in [-0.3, -0.25) is 9.80 Å². The van der Waals surface area contributed by atoms with E-state index in [4.69, 9.17) is 23.2 Å². The predicted molar refractivity (Wildman–Crippen MR) is 124 cm³/mol. The molecule has 0 bridgehead atoms. The van der Waals surface area contributed by atoms with E-state index < -0.39 is 11.7 Å². The van der Waals surface area contributed by atoms with Gasteiger partial charge in [-0.25, -0.2) is 0 Å². The number of rotatable bonds is 4. The molecule has 9 heteroatoms. The predicted octanol–water partition coefficient (Wildman–Crippen LogP) is 4.51. The molecule has 0 saturated carbocycles. The van der Waals surface area contributed by atoms with Crippen molar-refractivity contribution in [1.82, 2.24) is 20.4 Å². The summed E-state index contributed by atoms with van der Waals surface area (Å²) in [5, 5.41) is 7.84. The monoisotopic (exact) mass is 488 g/mol. The maximum atomic E-state index is 12.4. The molecule has 4 rings (SSSR count). The number of nitrogens with one attached hydrogen (secondary N) is 2. The number of alkyl halides is 3. The molecular formula is C23H29Cl2F3N4. The maximum Gasteiger partial charge on any atom is 0.416 e. The van der Waals surface area contributed by atoms with Crippen LogP contribution in [0.3, 0.4) is 0 Å². The number of benzene rings is 2. The molecule has 4 nitrogen and oxygen atoms in total. The highest BCUT2D eigenvalue weighted by molar-refractivity contribution is 6.42. The van der Waals surface area contributed by atoms with Crippen molar-refractivity contribution in [2.24, 2.45) is 0 Å². The topological polar surface area (TPSA) is 30.5 Å². The minimum absolute atomic E-state index is 0.582. The number of halogens is 5. The van der Waals surface area contributed by atoms with Gasteiger partial charge in [-0.1, -0.05) is 41.4 Å². The number of piperazine rings is 2. The van der Waals surface area contributed by atoms with Crippen LogP contribution in [-0.2, 0) is 19.3 Å². The van der Waals surface area contributed by atoms with Crippen molar-refractivity contribution in [3.8, 4) is 0 Å². The van der Waals surface area contributed by atoms with Crippen molar-refractivity contribution >= 4 is 23.2 Å². The van der Waals surface area contributed by atoms with E-state index in [0.29, 0.717) is 10.0 Å². The molecule has 0 amide bonds. The Morgan fingerprint density at radius 1 is 0.688 bits per heavy atom. The zero-order chi connectivity index (χ0) is 23.0. The average Bonchev–Trinajstić information content (AvgIpc) is 2.78. The van der Waals surface area contributed by atoms with Crippen LogP contribution >= 0.6 is 23.2 Å². The van der Waals surface area contributed by atoms with Gasteiger partial charge in [0.25, 0.3) is 0 Å². The second-order valence-corrected chi connectivity index (χ2v) is 8.81. The van der Waals surface area contributed by atoms with E-state index in [9.17, 15) is 13.2 Å². The minimum Gasteiger partial charge on any atom is -0.314 e. The van der Waals surface area contributed by atoms with Crippen molar-refractivity contribution in [3.05, 3.63) is 69.2 Å². The van der Waals surface area contributed by atoms with Crippen molar-refractivity contribution in [2.75, 3.05) is 52.4 Å². The van der Waals surface area contributed by atoms with E-state index in [1.54, 1.807) is 12.1 Å². The van der Waals surface area contributed by atoms with E-state index in [1.807, 2.05) is 18.2 Å². The molecule has 2 aromatic rings. The Bertz CT molecular complexity index is 834. The molecule has 2 aliphatic rings. The van der Waals surface area contributed by atoms with Gasteiger partial charge >= 0.3 is 6.18 Å². The highest BCUT2D eigenvalue weighted by Gasteiger charge is 2.30. The first-order chi connectivity index (χ1) is 15.3. The molecule has 176 valence electrons. The molecule has 2 aromatic carbocycles. The highest BCUT2D eigenvalue weighted by Crippen LogP contribution is 2.29. The van der Waals surface area contributed by atoms with Gasteiger partial charge < -0.3 is 10.6 Å². The van der Waals surface area contributed by atoms with Gasteiger partial charge in [-0.05, 0) is 35.4 Å². The Morgan fingerprint density at radius 3 is 1.62 bits per heavy atom. The molecule has 0 atom stereocenters. The Labute approximate surface area is 197 Å². The fourth-order valence-electron chi connectivity index (χ4n) is 3.69. The lowest BCUT2D eigenvalue weighted by molar-refractivity contribution is -0.137. The summed E-state index contributed by atoms with van der Waals surface area (Å²) in [6.07, 6.45) is -4.24. The Hall–Kier alpha value is -1.35. The van der Waals surface area contributed by atoms with E-state index in [2.05, 4.69) is 20.4 Å². The largest absolute Gasteiger partial charge is 0.416 e. The molecule has 0 aromatic heterocycles. The van der Waals surface area contributed by atoms with Gasteiger partial charge in [0.05, 0.1) is 15.6 Å². The molecule has 0 radical (unpaired) electrons. The van der Waals surface area contributed by atoms with E-state index in [0.717, 1.165) is 83.1 Å². The molecule has 2 aliphatic heterocycles. The SMILES string of the molecule is Clc1ccc(CN2CCNCC2)cc1Cl.FC(F)(F)c1ccc(CN2CCNCC2)cc1. The number of hydrogen-bond acceptors (Lipinski definition) is 4. The van der Waals surface area contributed by atoms with Crippen LogP contribution in [0, 0.1) is 0 Å². The lowest BCUT2D eigenvalue weighted by Crippen LogP contribution is -2.42. The normalized spacial score (nSPS) is 18.2. The summed E-state index contributed by atoms with van der Waals surface area (Å²) in [6, 6.07) is 11.3. The average molecular weight is 489 g/mol. The van der Waals surface area contributed by atoms with E-state index in [1.165, 1.54) is 5.56 Å². The van der Waals surface area contributed by atoms with Crippen molar-refractivity contribution in [3.63, 3.8) is 0 Å². The van der Waals surface area contributed by atoms with Crippen LogP contribution in [0.1, 0.15) is 16.7 Å². The zero-order valence-electron chi connectivity index (χ0n) is 17.9. The molecular weight excluding hydrogens is 460 g/mol. The van der Waals surface area contributed by atoms with Crippen LogP contribution in [0.4, 0.5) is 13.2 Å². The molecule has 2 heterocycles. The second kappa shape index (κ2) is 12.2. The molecule has 2 fully saturated rings. The molecule has 0 spiro atoms. The van der Waals surface area contributed by atoms with E-state index in [-0.39, 0.29) is 0 Å². The van der Waals surface area contributed by atoms with Crippen molar-refractivity contribution < 1.29 is 13.2 Å². The smallest absolute Gasteiger partial charge is 0.314 e.